The van der Waals surface area contributed by atoms with Crippen molar-refractivity contribution in [3.8, 4) is 5.75 Å². The Bertz CT molecular complexity index is 650. The Hall–Kier alpha value is -1.94. The van der Waals surface area contributed by atoms with Crippen molar-refractivity contribution in [1.82, 2.24) is 0 Å². The molecule has 0 N–H and O–H groups in total. The first-order valence-corrected chi connectivity index (χ1v) is 7.55. The maximum atomic E-state index is 12.3. The van der Waals surface area contributed by atoms with Crippen LogP contribution in [-0.2, 0) is 10.8 Å². The molecule has 0 aliphatic heterocycles. The minimum Gasteiger partial charge on any atom is -0.495 e. The summed E-state index contributed by atoms with van der Waals surface area (Å²) in [6.45, 7) is 1.92. The number of para-hydroxylation sites is 1. The van der Waals surface area contributed by atoms with Crippen LogP contribution in [0.25, 0.3) is 0 Å². The molecule has 104 valence electrons. The highest BCUT2D eigenvalue weighted by atomic mass is 32.2. The second kappa shape index (κ2) is 6.48. The van der Waals surface area contributed by atoms with Crippen LogP contribution in [0, 0.1) is 6.92 Å². The molecule has 0 aromatic heterocycles. The van der Waals surface area contributed by atoms with Crippen LogP contribution in [-0.4, -0.2) is 22.9 Å². The average molecular weight is 288 g/mol. The van der Waals surface area contributed by atoms with E-state index >= 15 is 0 Å². The minimum absolute atomic E-state index is 0.0379. The highest BCUT2D eigenvalue weighted by Crippen LogP contribution is 2.22. The quantitative estimate of drug-likeness (QED) is 0.794. The van der Waals surface area contributed by atoms with Gasteiger partial charge in [-0.15, -0.1) is 0 Å². The van der Waals surface area contributed by atoms with Crippen LogP contribution in [0.2, 0.25) is 0 Å². The van der Waals surface area contributed by atoms with Gasteiger partial charge in [-0.05, 0) is 25.1 Å². The van der Waals surface area contributed by atoms with Gasteiger partial charge in [-0.1, -0.05) is 35.9 Å². The lowest BCUT2D eigenvalue weighted by molar-refractivity contribution is 0.102. The van der Waals surface area contributed by atoms with Crippen LogP contribution >= 0.6 is 0 Å². The van der Waals surface area contributed by atoms with E-state index in [2.05, 4.69) is 0 Å². The summed E-state index contributed by atoms with van der Waals surface area (Å²) in [5.41, 5.74) is 1.60. The van der Waals surface area contributed by atoms with Crippen molar-refractivity contribution < 1.29 is 13.7 Å². The first-order valence-electron chi connectivity index (χ1n) is 6.23. The van der Waals surface area contributed by atoms with Gasteiger partial charge in [0, 0.05) is 5.56 Å². The van der Waals surface area contributed by atoms with Gasteiger partial charge in [0.15, 0.2) is 5.78 Å². The SMILES string of the molecule is COc1ccccc1S(=O)CC(=O)c1cccc(C)c1. The van der Waals surface area contributed by atoms with Gasteiger partial charge < -0.3 is 4.74 Å². The molecule has 2 aromatic rings. The topological polar surface area (TPSA) is 43.4 Å². The fourth-order valence-corrected chi connectivity index (χ4v) is 3.07. The largest absolute Gasteiger partial charge is 0.495 e. The summed E-state index contributed by atoms with van der Waals surface area (Å²) in [7, 11) is 0.120. The fraction of sp³-hybridized carbons (Fsp3) is 0.188. The molecule has 1 atom stereocenters. The van der Waals surface area contributed by atoms with Gasteiger partial charge in [0.2, 0.25) is 0 Å². The minimum atomic E-state index is -1.41. The van der Waals surface area contributed by atoms with Gasteiger partial charge in [0.05, 0.1) is 28.6 Å². The molecule has 0 fully saturated rings. The summed E-state index contributed by atoms with van der Waals surface area (Å²) >= 11 is 0. The molecule has 0 heterocycles. The van der Waals surface area contributed by atoms with Crippen molar-refractivity contribution in [2.24, 2.45) is 0 Å². The number of Topliss-reactive ketones (excluding diaryl/α,β-unsaturated/α-hetero) is 1. The Morgan fingerprint density at radius 2 is 1.90 bits per heavy atom. The van der Waals surface area contributed by atoms with Crippen molar-refractivity contribution in [1.29, 1.82) is 0 Å². The molecule has 20 heavy (non-hydrogen) atoms. The zero-order chi connectivity index (χ0) is 14.5. The van der Waals surface area contributed by atoms with Crippen LogP contribution in [0.4, 0.5) is 0 Å². The summed E-state index contributed by atoms with van der Waals surface area (Å²) in [6.07, 6.45) is 0. The molecule has 2 aromatic carbocycles. The van der Waals surface area contributed by atoms with E-state index in [0.717, 1.165) is 5.56 Å². The van der Waals surface area contributed by atoms with Crippen molar-refractivity contribution in [2.75, 3.05) is 12.9 Å². The third-order valence-corrected chi connectivity index (χ3v) is 4.27. The van der Waals surface area contributed by atoms with E-state index in [0.29, 0.717) is 16.2 Å². The van der Waals surface area contributed by atoms with Gasteiger partial charge in [0.25, 0.3) is 0 Å². The number of benzene rings is 2. The van der Waals surface area contributed by atoms with E-state index in [4.69, 9.17) is 4.74 Å². The molecule has 0 aliphatic carbocycles. The molecule has 2 rings (SSSR count). The van der Waals surface area contributed by atoms with Crippen molar-refractivity contribution in [2.45, 2.75) is 11.8 Å². The Balaban J connectivity index is 2.17. The lowest BCUT2D eigenvalue weighted by Gasteiger charge is -2.07. The average Bonchev–Trinajstić information content (AvgIpc) is 2.47. The smallest absolute Gasteiger partial charge is 0.175 e. The molecular weight excluding hydrogens is 272 g/mol. The number of hydrogen-bond donors (Lipinski definition) is 0. The highest BCUT2D eigenvalue weighted by molar-refractivity contribution is 7.86. The van der Waals surface area contributed by atoms with E-state index in [1.807, 2.05) is 31.2 Å². The van der Waals surface area contributed by atoms with Crippen molar-refractivity contribution in [3.63, 3.8) is 0 Å². The summed E-state index contributed by atoms with van der Waals surface area (Å²) in [5.74, 6) is 0.380. The molecule has 0 bridgehead atoms. The summed E-state index contributed by atoms with van der Waals surface area (Å²) in [4.78, 5) is 12.7. The maximum absolute atomic E-state index is 12.3. The van der Waals surface area contributed by atoms with Crippen LogP contribution < -0.4 is 4.74 Å². The van der Waals surface area contributed by atoms with Crippen LogP contribution in [0.15, 0.2) is 53.4 Å². The second-order valence-electron chi connectivity index (χ2n) is 4.43. The zero-order valence-corrected chi connectivity index (χ0v) is 12.3. The molecule has 0 spiro atoms. The Morgan fingerprint density at radius 1 is 1.15 bits per heavy atom. The fourth-order valence-electron chi connectivity index (χ4n) is 1.91. The lowest BCUT2D eigenvalue weighted by atomic mass is 10.1. The van der Waals surface area contributed by atoms with Crippen molar-refractivity contribution >= 4 is 16.6 Å². The normalized spacial score (nSPS) is 11.9. The number of carbonyl (C=O) groups excluding carboxylic acids is 1. The van der Waals surface area contributed by atoms with Gasteiger partial charge in [-0.25, -0.2) is 0 Å². The first kappa shape index (κ1) is 14.5. The molecule has 4 heteroatoms. The monoisotopic (exact) mass is 288 g/mol. The molecule has 0 radical (unpaired) electrons. The summed E-state index contributed by atoms with van der Waals surface area (Å²) < 4.78 is 17.5. The Labute approximate surface area is 121 Å². The maximum Gasteiger partial charge on any atom is 0.175 e. The number of hydrogen-bond acceptors (Lipinski definition) is 3. The van der Waals surface area contributed by atoms with Crippen molar-refractivity contribution in [3.05, 3.63) is 59.7 Å². The van der Waals surface area contributed by atoms with Crippen LogP contribution in [0.1, 0.15) is 15.9 Å². The van der Waals surface area contributed by atoms with Gasteiger partial charge in [-0.2, -0.15) is 0 Å². The van der Waals surface area contributed by atoms with E-state index in [1.54, 1.807) is 24.3 Å². The first-order chi connectivity index (χ1) is 9.61. The molecule has 0 saturated heterocycles. The molecule has 3 nitrogen and oxygen atoms in total. The highest BCUT2D eigenvalue weighted by Gasteiger charge is 2.15. The number of ether oxygens (including phenoxy) is 1. The number of carbonyl (C=O) groups is 1. The molecular formula is C16H16O3S. The third kappa shape index (κ3) is 3.33. The van der Waals surface area contributed by atoms with Gasteiger partial charge >= 0.3 is 0 Å². The predicted octanol–water partition coefficient (Wildman–Crippen LogP) is 2.99. The van der Waals surface area contributed by atoms with Gasteiger partial charge in [-0.3, -0.25) is 9.00 Å². The molecule has 0 amide bonds. The predicted molar refractivity (Wildman–Crippen MR) is 79.8 cm³/mol. The van der Waals surface area contributed by atoms with E-state index in [1.165, 1.54) is 7.11 Å². The number of rotatable bonds is 5. The number of aryl methyl sites for hydroxylation is 1. The van der Waals surface area contributed by atoms with E-state index < -0.39 is 10.8 Å². The number of methoxy groups -OCH3 is 1. The number of ketones is 1. The third-order valence-electron chi connectivity index (χ3n) is 2.92. The van der Waals surface area contributed by atoms with E-state index in [9.17, 15) is 9.00 Å². The van der Waals surface area contributed by atoms with Crippen LogP contribution in [0.5, 0.6) is 5.75 Å². The standard InChI is InChI=1S/C16H16O3S/c1-12-6-5-7-13(10-12)14(17)11-20(18)16-9-4-3-8-15(16)19-2/h3-10H,11H2,1-2H3. The molecule has 0 saturated carbocycles. The second-order valence-corrected chi connectivity index (χ2v) is 5.85. The van der Waals surface area contributed by atoms with Gasteiger partial charge in [0.1, 0.15) is 5.75 Å². The molecule has 0 aliphatic rings. The zero-order valence-electron chi connectivity index (χ0n) is 11.5. The summed E-state index contributed by atoms with van der Waals surface area (Å²) in [5, 5.41) is 0. The summed E-state index contributed by atoms with van der Waals surface area (Å²) in [6, 6.07) is 14.4. The van der Waals surface area contributed by atoms with E-state index in [-0.39, 0.29) is 11.5 Å². The molecule has 1 unspecified atom stereocenters. The Kier molecular flexibility index (Phi) is 4.69. The van der Waals surface area contributed by atoms with Crippen LogP contribution in [0.3, 0.4) is 0 Å². The lowest BCUT2D eigenvalue weighted by Crippen LogP contribution is -2.12. The Morgan fingerprint density at radius 3 is 2.60 bits per heavy atom.